The van der Waals surface area contributed by atoms with Crippen LogP contribution in [-0.4, -0.2) is 24.3 Å². The summed E-state index contributed by atoms with van der Waals surface area (Å²) in [4.78, 5) is 4.52. The van der Waals surface area contributed by atoms with Crippen LogP contribution >= 0.6 is 0 Å². The van der Waals surface area contributed by atoms with Gasteiger partial charge in [0.25, 0.3) is 0 Å². The first-order chi connectivity index (χ1) is 11.0. The summed E-state index contributed by atoms with van der Waals surface area (Å²) in [5.41, 5.74) is 1.83. The summed E-state index contributed by atoms with van der Waals surface area (Å²) in [6, 6.07) is 11.4. The molecule has 1 aromatic heterocycles. The number of hydrogen-bond acceptors (Lipinski definition) is 5. The van der Waals surface area contributed by atoms with E-state index in [9.17, 15) is 13.5 Å². The van der Waals surface area contributed by atoms with Gasteiger partial charge in [0.2, 0.25) is 5.89 Å². The zero-order valence-corrected chi connectivity index (χ0v) is 13.2. The molecule has 0 radical (unpaired) electrons. The standard InChI is InChI=1S/C17H15NO4S/c1-2-23(20,21)14-7-8-16-15(11-14)18-17(22-16)9-6-12-4-3-5-13(19)10-12/h3-11,19H,2H2,1H3/b9-6+. The molecule has 0 aliphatic carbocycles. The van der Waals surface area contributed by atoms with Gasteiger partial charge in [0.05, 0.1) is 10.6 Å². The van der Waals surface area contributed by atoms with Gasteiger partial charge in [0, 0.05) is 6.08 Å². The van der Waals surface area contributed by atoms with E-state index in [1.165, 1.54) is 12.1 Å². The number of aromatic nitrogens is 1. The van der Waals surface area contributed by atoms with Crippen molar-refractivity contribution in [2.75, 3.05) is 5.75 Å². The van der Waals surface area contributed by atoms with Crippen LogP contribution in [0.15, 0.2) is 51.8 Å². The number of rotatable bonds is 4. The molecule has 0 aliphatic rings. The van der Waals surface area contributed by atoms with Gasteiger partial charge in [-0.1, -0.05) is 19.1 Å². The average Bonchev–Trinajstić information content (AvgIpc) is 2.95. The number of hydrogen-bond donors (Lipinski definition) is 1. The summed E-state index contributed by atoms with van der Waals surface area (Å²) in [5.74, 6) is 0.592. The summed E-state index contributed by atoms with van der Waals surface area (Å²) in [6.45, 7) is 1.60. The molecule has 6 heteroatoms. The van der Waals surface area contributed by atoms with Gasteiger partial charge in [-0.2, -0.15) is 0 Å². The Labute approximate surface area is 133 Å². The van der Waals surface area contributed by atoms with Crippen molar-refractivity contribution < 1.29 is 17.9 Å². The van der Waals surface area contributed by atoms with E-state index in [1.807, 2.05) is 6.07 Å². The Bertz CT molecular complexity index is 987. The molecule has 0 saturated carbocycles. The van der Waals surface area contributed by atoms with Crippen LogP contribution < -0.4 is 0 Å². The molecule has 3 rings (SSSR count). The number of phenolic OH excluding ortho intramolecular Hbond substituents is 1. The fourth-order valence-corrected chi connectivity index (χ4v) is 3.05. The Balaban J connectivity index is 1.94. The van der Waals surface area contributed by atoms with Crippen molar-refractivity contribution in [1.82, 2.24) is 4.98 Å². The lowest BCUT2D eigenvalue weighted by atomic mass is 10.2. The van der Waals surface area contributed by atoms with Crippen LogP contribution in [0, 0.1) is 0 Å². The van der Waals surface area contributed by atoms with Crippen LogP contribution in [-0.2, 0) is 9.84 Å². The molecule has 0 aliphatic heterocycles. The maximum Gasteiger partial charge on any atom is 0.220 e. The fourth-order valence-electron chi connectivity index (χ4n) is 2.15. The summed E-state index contributed by atoms with van der Waals surface area (Å²) in [5, 5.41) is 9.42. The van der Waals surface area contributed by atoms with E-state index in [0.29, 0.717) is 17.0 Å². The number of nitrogens with zero attached hydrogens (tertiary/aromatic N) is 1. The first kappa shape index (κ1) is 15.3. The second kappa shape index (κ2) is 5.89. The van der Waals surface area contributed by atoms with Crippen LogP contribution in [0.4, 0.5) is 0 Å². The third kappa shape index (κ3) is 3.27. The van der Waals surface area contributed by atoms with Crippen molar-refractivity contribution in [2.45, 2.75) is 11.8 Å². The monoisotopic (exact) mass is 329 g/mol. The molecule has 2 aromatic carbocycles. The van der Waals surface area contributed by atoms with Crippen molar-refractivity contribution >= 4 is 33.1 Å². The lowest BCUT2D eigenvalue weighted by Gasteiger charge is -1.99. The van der Waals surface area contributed by atoms with Crippen LogP contribution in [0.3, 0.4) is 0 Å². The van der Waals surface area contributed by atoms with Gasteiger partial charge >= 0.3 is 0 Å². The van der Waals surface area contributed by atoms with Crippen molar-refractivity contribution in [3.8, 4) is 5.75 Å². The molecule has 1 heterocycles. The molecule has 0 fully saturated rings. The van der Waals surface area contributed by atoms with Gasteiger partial charge in [0.15, 0.2) is 15.4 Å². The van der Waals surface area contributed by atoms with E-state index in [1.54, 1.807) is 43.3 Å². The molecule has 118 valence electrons. The van der Waals surface area contributed by atoms with E-state index in [4.69, 9.17) is 4.42 Å². The highest BCUT2D eigenvalue weighted by Gasteiger charge is 2.13. The van der Waals surface area contributed by atoms with Gasteiger partial charge in [-0.3, -0.25) is 0 Å². The summed E-state index contributed by atoms with van der Waals surface area (Å²) < 4.78 is 29.4. The molecular formula is C17H15NO4S. The molecule has 0 spiro atoms. The van der Waals surface area contributed by atoms with Crippen LogP contribution in [0.25, 0.3) is 23.3 Å². The summed E-state index contributed by atoms with van der Waals surface area (Å²) in [7, 11) is -3.27. The minimum Gasteiger partial charge on any atom is -0.508 e. The van der Waals surface area contributed by atoms with E-state index < -0.39 is 9.84 Å². The third-order valence-corrected chi connectivity index (χ3v) is 5.14. The van der Waals surface area contributed by atoms with Crippen molar-refractivity contribution in [3.63, 3.8) is 0 Å². The normalized spacial score (nSPS) is 12.2. The lowest BCUT2D eigenvalue weighted by Crippen LogP contribution is -2.03. The lowest BCUT2D eigenvalue weighted by molar-refractivity contribution is 0.475. The largest absolute Gasteiger partial charge is 0.508 e. The second-order valence-corrected chi connectivity index (χ2v) is 7.29. The van der Waals surface area contributed by atoms with Gasteiger partial charge in [-0.05, 0) is 42.0 Å². The minimum absolute atomic E-state index is 0.0423. The van der Waals surface area contributed by atoms with E-state index in [0.717, 1.165) is 5.56 Å². The number of phenols is 1. The van der Waals surface area contributed by atoms with Crippen molar-refractivity contribution in [2.24, 2.45) is 0 Å². The predicted molar refractivity (Wildman–Crippen MR) is 88.8 cm³/mol. The number of fused-ring (bicyclic) bond motifs is 1. The maximum absolute atomic E-state index is 11.9. The molecule has 0 bridgehead atoms. The molecule has 5 nitrogen and oxygen atoms in total. The third-order valence-electron chi connectivity index (χ3n) is 3.40. The molecule has 0 amide bonds. The molecule has 0 saturated heterocycles. The zero-order chi connectivity index (χ0) is 16.4. The highest BCUT2D eigenvalue weighted by Crippen LogP contribution is 2.22. The molecule has 3 aromatic rings. The Morgan fingerprint density at radius 3 is 2.74 bits per heavy atom. The van der Waals surface area contributed by atoms with E-state index in [-0.39, 0.29) is 16.4 Å². The highest BCUT2D eigenvalue weighted by atomic mass is 32.2. The van der Waals surface area contributed by atoms with E-state index >= 15 is 0 Å². The number of oxazole rings is 1. The number of sulfone groups is 1. The first-order valence-corrected chi connectivity index (χ1v) is 8.73. The predicted octanol–water partition coefficient (Wildman–Crippen LogP) is 3.50. The zero-order valence-electron chi connectivity index (χ0n) is 12.4. The van der Waals surface area contributed by atoms with Gasteiger partial charge < -0.3 is 9.52 Å². The Kier molecular flexibility index (Phi) is 3.92. The van der Waals surface area contributed by atoms with Gasteiger partial charge in [-0.25, -0.2) is 13.4 Å². The molecule has 23 heavy (non-hydrogen) atoms. The quantitative estimate of drug-likeness (QED) is 0.792. The Morgan fingerprint density at radius 1 is 1.17 bits per heavy atom. The summed E-state index contributed by atoms with van der Waals surface area (Å²) in [6.07, 6.45) is 3.43. The van der Waals surface area contributed by atoms with Gasteiger partial charge in [-0.15, -0.1) is 0 Å². The molecule has 1 N–H and O–H groups in total. The number of aromatic hydroxyl groups is 1. The first-order valence-electron chi connectivity index (χ1n) is 7.08. The highest BCUT2D eigenvalue weighted by molar-refractivity contribution is 7.91. The number of benzene rings is 2. The van der Waals surface area contributed by atoms with Gasteiger partial charge in [0.1, 0.15) is 11.3 Å². The topological polar surface area (TPSA) is 80.4 Å². The van der Waals surface area contributed by atoms with Crippen LogP contribution in [0.2, 0.25) is 0 Å². The fraction of sp³-hybridized carbons (Fsp3) is 0.118. The molecular weight excluding hydrogens is 314 g/mol. The smallest absolute Gasteiger partial charge is 0.220 e. The molecule has 0 atom stereocenters. The SMILES string of the molecule is CCS(=O)(=O)c1ccc2oc(/C=C/c3cccc(O)c3)nc2c1. The second-order valence-electron chi connectivity index (χ2n) is 5.01. The van der Waals surface area contributed by atoms with Crippen LogP contribution in [0.5, 0.6) is 5.75 Å². The Hall–Kier alpha value is -2.60. The Morgan fingerprint density at radius 2 is 2.00 bits per heavy atom. The average molecular weight is 329 g/mol. The van der Waals surface area contributed by atoms with Crippen molar-refractivity contribution in [3.05, 3.63) is 53.9 Å². The maximum atomic E-state index is 11.9. The molecule has 0 unspecified atom stereocenters. The van der Waals surface area contributed by atoms with Crippen molar-refractivity contribution in [1.29, 1.82) is 0 Å². The van der Waals surface area contributed by atoms with Crippen LogP contribution in [0.1, 0.15) is 18.4 Å². The summed E-state index contributed by atoms with van der Waals surface area (Å²) >= 11 is 0. The van der Waals surface area contributed by atoms with E-state index in [2.05, 4.69) is 4.98 Å². The minimum atomic E-state index is -3.27.